The first-order chi connectivity index (χ1) is 15.3. The van der Waals surface area contributed by atoms with E-state index in [0.717, 1.165) is 11.3 Å². The van der Waals surface area contributed by atoms with Crippen molar-refractivity contribution in [2.24, 2.45) is 0 Å². The highest BCUT2D eigenvalue weighted by Crippen LogP contribution is 2.42. The Balaban J connectivity index is 0.00000306. The third-order valence-corrected chi connectivity index (χ3v) is 5.85. The SMILES string of the molecule is CN(C)C(C)(C)COc1cncc(-c2cc(C3CC3)cc(Nc3cc(C#N)ccn3)n2)c1.Cl. The number of nitriles is 1. The van der Waals surface area contributed by atoms with Crippen molar-refractivity contribution in [3.63, 3.8) is 0 Å². The van der Waals surface area contributed by atoms with Crippen LogP contribution in [0.5, 0.6) is 5.75 Å². The highest BCUT2D eigenvalue weighted by molar-refractivity contribution is 5.85. The molecule has 0 saturated heterocycles. The predicted molar refractivity (Wildman–Crippen MR) is 132 cm³/mol. The van der Waals surface area contributed by atoms with Crippen LogP contribution in [0.3, 0.4) is 0 Å². The van der Waals surface area contributed by atoms with Gasteiger partial charge in [0, 0.05) is 23.5 Å². The first kappa shape index (κ1) is 24.4. The third-order valence-electron chi connectivity index (χ3n) is 5.85. The molecule has 1 aliphatic carbocycles. The van der Waals surface area contributed by atoms with Crippen molar-refractivity contribution in [3.8, 4) is 23.1 Å². The van der Waals surface area contributed by atoms with Crippen LogP contribution in [0, 0.1) is 11.3 Å². The topological polar surface area (TPSA) is 87.0 Å². The molecule has 3 aromatic rings. The summed E-state index contributed by atoms with van der Waals surface area (Å²) < 4.78 is 6.05. The summed E-state index contributed by atoms with van der Waals surface area (Å²) in [6.45, 7) is 4.82. The van der Waals surface area contributed by atoms with Gasteiger partial charge in [-0.25, -0.2) is 9.97 Å². The predicted octanol–water partition coefficient (Wildman–Crippen LogP) is 5.17. The monoisotopic (exact) mass is 464 g/mol. The van der Waals surface area contributed by atoms with Crippen molar-refractivity contribution in [1.82, 2.24) is 19.9 Å². The van der Waals surface area contributed by atoms with E-state index >= 15 is 0 Å². The minimum absolute atomic E-state index is 0. The highest BCUT2D eigenvalue weighted by Gasteiger charge is 2.25. The Labute approximate surface area is 201 Å². The lowest BCUT2D eigenvalue weighted by atomic mass is 10.1. The highest BCUT2D eigenvalue weighted by atomic mass is 35.5. The van der Waals surface area contributed by atoms with E-state index in [1.807, 2.05) is 20.2 Å². The van der Waals surface area contributed by atoms with E-state index in [9.17, 15) is 0 Å². The van der Waals surface area contributed by atoms with E-state index in [1.54, 1.807) is 30.7 Å². The molecule has 0 unspecified atom stereocenters. The van der Waals surface area contributed by atoms with Gasteiger partial charge in [0.2, 0.25) is 0 Å². The fourth-order valence-electron chi connectivity index (χ4n) is 3.14. The standard InChI is InChI=1S/C25H28N6O.ClH/c1-25(2,31(3)4)16-32-21-10-20(14-27-15-21)22-11-19(18-5-6-18)12-24(29-22)30-23-9-17(13-26)7-8-28-23;/h7-12,14-15,18H,5-6,16H2,1-4H3,(H,28,29,30);1H. The fourth-order valence-corrected chi connectivity index (χ4v) is 3.14. The van der Waals surface area contributed by atoms with Crippen LogP contribution in [0.1, 0.15) is 43.7 Å². The Morgan fingerprint density at radius 1 is 1.15 bits per heavy atom. The second kappa shape index (κ2) is 10.2. The van der Waals surface area contributed by atoms with Gasteiger partial charge < -0.3 is 15.0 Å². The van der Waals surface area contributed by atoms with Crippen molar-refractivity contribution in [2.45, 2.75) is 38.1 Å². The molecule has 8 heteroatoms. The van der Waals surface area contributed by atoms with Crippen LogP contribution >= 0.6 is 12.4 Å². The van der Waals surface area contributed by atoms with Crippen molar-refractivity contribution in [2.75, 3.05) is 26.0 Å². The van der Waals surface area contributed by atoms with Crippen molar-refractivity contribution in [3.05, 3.63) is 60.0 Å². The lowest BCUT2D eigenvalue weighted by Gasteiger charge is -2.32. The average Bonchev–Trinajstić information content (AvgIpc) is 3.63. The molecule has 1 N–H and O–H groups in total. The molecule has 4 rings (SSSR count). The van der Waals surface area contributed by atoms with Gasteiger partial charge >= 0.3 is 0 Å². The van der Waals surface area contributed by atoms with Crippen molar-refractivity contribution in [1.29, 1.82) is 5.26 Å². The molecular formula is C25H29ClN6O. The number of pyridine rings is 3. The fraction of sp³-hybridized carbons (Fsp3) is 0.360. The first-order valence-electron chi connectivity index (χ1n) is 10.7. The number of nitrogens with one attached hydrogen (secondary N) is 1. The van der Waals surface area contributed by atoms with Gasteiger partial charge in [0.05, 0.1) is 23.5 Å². The van der Waals surface area contributed by atoms with E-state index < -0.39 is 0 Å². The molecule has 1 aliphatic rings. The van der Waals surface area contributed by atoms with Gasteiger partial charge in [0.1, 0.15) is 24.0 Å². The van der Waals surface area contributed by atoms with Gasteiger partial charge in [-0.15, -0.1) is 12.4 Å². The lowest BCUT2D eigenvalue weighted by molar-refractivity contribution is 0.114. The maximum absolute atomic E-state index is 9.15. The molecule has 0 aliphatic heterocycles. The average molecular weight is 465 g/mol. The summed E-state index contributed by atoms with van der Waals surface area (Å²) in [6.07, 6.45) is 7.53. The smallest absolute Gasteiger partial charge is 0.138 e. The van der Waals surface area contributed by atoms with Gasteiger partial charge in [0.25, 0.3) is 0 Å². The number of halogens is 1. The molecule has 0 radical (unpaired) electrons. The Bertz CT molecular complexity index is 1150. The molecular weight excluding hydrogens is 436 g/mol. The maximum Gasteiger partial charge on any atom is 0.138 e. The number of ether oxygens (including phenoxy) is 1. The summed E-state index contributed by atoms with van der Waals surface area (Å²) in [5.74, 6) is 2.57. The minimum atomic E-state index is -0.0950. The van der Waals surface area contributed by atoms with E-state index in [2.05, 4.69) is 52.2 Å². The van der Waals surface area contributed by atoms with Crippen molar-refractivity contribution < 1.29 is 4.74 Å². The molecule has 33 heavy (non-hydrogen) atoms. The molecule has 172 valence electrons. The number of rotatable bonds is 8. The second-order valence-electron chi connectivity index (χ2n) is 9.02. The van der Waals surface area contributed by atoms with Crippen LogP contribution in [-0.2, 0) is 0 Å². The zero-order chi connectivity index (χ0) is 22.7. The number of anilines is 2. The summed E-state index contributed by atoms with van der Waals surface area (Å²) in [5, 5.41) is 12.4. The molecule has 3 heterocycles. The van der Waals surface area contributed by atoms with E-state index in [4.69, 9.17) is 15.0 Å². The van der Waals surface area contributed by atoms with Crippen LogP contribution in [-0.4, -0.2) is 46.1 Å². The number of aromatic nitrogens is 3. The molecule has 1 fully saturated rings. The molecule has 3 aromatic heterocycles. The number of likely N-dealkylation sites (N-methyl/N-ethyl adjacent to an activating group) is 1. The van der Waals surface area contributed by atoms with Gasteiger partial charge in [0.15, 0.2) is 0 Å². The molecule has 0 amide bonds. The zero-order valence-corrected chi connectivity index (χ0v) is 20.2. The molecule has 1 saturated carbocycles. The second-order valence-corrected chi connectivity index (χ2v) is 9.02. The van der Waals surface area contributed by atoms with E-state index in [0.29, 0.717) is 35.5 Å². The van der Waals surface area contributed by atoms with Crippen LogP contribution in [0.25, 0.3) is 11.3 Å². The van der Waals surface area contributed by atoms with Gasteiger partial charge in [-0.1, -0.05) is 0 Å². The molecule has 0 atom stereocenters. The number of hydrogen-bond donors (Lipinski definition) is 1. The van der Waals surface area contributed by atoms with E-state index in [-0.39, 0.29) is 17.9 Å². The van der Waals surface area contributed by atoms with Crippen LogP contribution in [0.15, 0.2) is 48.9 Å². The largest absolute Gasteiger partial charge is 0.490 e. The Morgan fingerprint density at radius 3 is 2.64 bits per heavy atom. The normalized spacial score (nSPS) is 13.2. The summed E-state index contributed by atoms with van der Waals surface area (Å²) in [7, 11) is 4.09. The van der Waals surface area contributed by atoms with Gasteiger partial charge in [-0.2, -0.15) is 5.26 Å². The Morgan fingerprint density at radius 2 is 1.94 bits per heavy atom. The molecule has 0 aromatic carbocycles. The van der Waals surface area contributed by atoms with Crippen LogP contribution in [0.4, 0.5) is 11.6 Å². The number of hydrogen-bond acceptors (Lipinski definition) is 7. The molecule has 0 bridgehead atoms. The van der Waals surface area contributed by atoms with Crippen molar-refractivity contribution >= 4 is 24.0 Å². The summed E-state index contributed by atoms with van der Waals surface area (Å²) in [4.78, 5) is 15.6. The first-order valence-corrected chi connectivity index (χ1v) is 10.7. The zero-order valence-electron chi connectivity index (χ0n) is 19.4. The number of nitrogens with zero attached hydrogens (tertiary/aromatic N) is 5. The van der Waals surface area contributed by atoms with Crippen LogP contribution in [0.2, 0.25) is 0 Å². The molecule has 0 spiro atoms. The Kier molecular flexibility index (Phi) is 7.52. The van der Waals surface area contributed by atoms with Gasteiger partial charge in [-0.3, -0.25) is 4.98 Å². The van der Waals surface area contributed by atoms with Crippen LogP contribution < -0.4 is 10.1 Å². The summed E-state index contributed by atoms with van der Waals surface area (Å²) >= 11 is 0. The lowest BCUT2D eigenvalue weighted by Crippen LogP contribution is -2.43. The maximum atomic E-state index is 9.15. The van der Waals surface area contributed by atoms with Gasteiger partial charge in [-0.05, 0) is 82.6 Å². The summed E-state index contributed by atoms with van der Waals surface area (Å²) in [6, 6.07) is 11.7. The third kappa shape index (κ3) is 6.19. The molecule has 7 nitrogen and oxygen atoms in total. The summed E-state index contributed by atoms with van der Waals surface area (Å²) in [5.41, 5.74) is 3.43. The minimum Gasteiger partial charge on any atom is -0.490 e. The van der Waals surface area contributed by atoms with E-state index in [1.165, 1.54) is 18.4 Å². The quantitative estimate of drug-likeness (QED) is 0.491. The Hall–Kier alpha value is -3.21.